The first kappa shape index (κ1) is 4.37. The zero-order chi connectivity index (χ0) is 5.56. The molecule has 2 atom stereocenters. The van der Waals surface area contributed by atoms with Gasteiger partial charge in [0.1, 0.15) is 0 Å². The minimum atomic E-state index is 0.875. The van der Waals surface area contributed by atoms with Crippen LogP contribution in [0.1, 0.15) is 13.3 Å². The largest absolute Gasteiger partial charge is 0.0767 e. The Morgan fingerprint density at radius 2 is 2.50 bits per heavy atom. The van der Waals surface area contributed by atoms with Gasteiger partial charge >= 0.3 is 0 Å². The first-order valence-electron chi connectivity index (χ1n) is 3.31. The van der Waals surface area contributed by atoms with Crippen LogP contribution in [0.25, 0.3) is 0 Å². The molecule has 8 heavy (non-hydrogen) atoms. The Labute approximate surface area is 49.9 Å². The Morgan fingerprint density at radius 1 is 1.62 bits per heavy atom. The van der Waals surface area contributed by atoms with Crippen LogP contribution < -0.4 is 0 Å². The molecule has 0 nitrogen and oxygen atoms in total. The highest BCUT2D eigenvalue weighted by molar-refractivity contribution is 5.43. The first-order chi connectivity index (χ1) is 3.93. The van der Waals surface area contributed by atoms with E-state index in [0.29, 0.717) is 0 Å². The van der Waals surface area contributed by atoms with Gasteiger partial charge in [-0.1, -0.05) is 30.7 Å². The van der Waals surface area contributed by atoms with Crippen molar-refractivity contribution in [3.05, 3.63) is 23.8 Å². The van der Waals surface area contributed by atoms with Gasteiger partial charge < -0.3 is 0 Å². The van der Waals surface area contributed by atoms with Crippen LogP contribution in [-0.4, -0.2) is 0 Å². The maximum atomic E-state index is 2.31. The highest BCUT2D eigenvalue weighted by Crippen LogP contribution is 2.51. The van der Waals surface area contributed by atoms with Crippen molar-refractivity contribution < 1.29 is 0 Å². The molecule has 0 aliphatic heterocycles. The van der Waals surface area contributed by atoms with E-state index in [-0.39, 0.29) is 0 Å². The fraction of sp³-hybridized carbons (Fsp3) is 0.500. The minimum Gasteiger partial charge on any atom is -0.0767 e. The van der Waals surface area contributed by atoms with Gasteiger partial charge in [-0.25, -0.2) is 0 Å². The van der Waals surface area contributed by atoms with Gasteiger partial charge in [0, 0.05) is 5.92 Å². The summed E-state index contributed by atoms with van der Waals surface area (Å²) in [4.78, 5) is 0. The van der Waals surface area contributed by atoms with E-state index in [1.54, 1.807) is 5.57 Å². The Bertz CT molecular complexity index is 163. The third-order valence-corrected chi connectivity index (χ3v) is 2.18. The molecule has 0 heterocycles. The molecule has 0 spiro atoms. The van der Waals surface area contributed by atoms with E-state index in [9.17, 15) is 0 Å². The molecule has 0 aromatic heterocycles. The summed E-state index contributed by atoms with van der Waals surface area (Å²) in [5.74, 6) is 1.82. The van der Waals surface area contributed by atoms with Gasteiger partial charge in [-0.3, -0.25) is 0 Å². The lowest BCUT2D eigenvalue weighted by molar-refractivity contribution is 0.762. The second kappa shape index (κ2) is 1.25. The van der Waals surface area contributed by atoms with E-state index in [1.165, 1.54) is 6.42 Å². The van der Waals surface area contributed by atoms with Crippen molar-refractivity contribution >= 4 is 0 Å². The fourth-order valence-corrected chi connectivity index (χ4v) is 1.62. The number of hydrogen-bond donors (Lipinski definition) is 0. The summed E-state index contributed by atoms with van der Waals surface area (Å²) in [6.07, 6.45) is 8.08. The van der Waals surface area contributed by atoms with Crippen LogP contribution in [0.15, 0.2) is 23.8 Å². The zero-order valence-electron chi connectivity index (χ0n) is 5.09. The number of rotatable bonds is 1. The van der Waals surface area contributed by atoms with Gasteiger partial charge in [0.2, 0.25) is 0 Å². The molecule has 2 rings (SSSR count). The van der Waals surface area contributed by atoms with E-state index in [2.05, 4.69) is 25.2 Å². The Hall–Kier alpha value is -0.520. The summed E-state index contributed by atoms with van der Waals surface area (Å²) >= 11 is 0. The van der Waals surface area contributed by atoms with Gasteiger partial charge in [0.25, 0.3) is 0 Å². The van der Waals surface area contributed by atoms with Crippen molar-refractivity contribution in [1.29, 1.82) is 0 Å². The molecular weight excluding hydrogens is 96.1 g/mol. The summed E-state index contributed by atoms with van der Waals surface area (Å²) in [7, 11) is 0. The van der Waals surface area contributed by atoms with E-state index in [0.717, 1.165) is 11.8 Å². The van der Waals surface area contributed by atoms with Gasteiger partial charge in [0.05, 0.1) is 0 Å². The molecular formula is C8H10. The second-order valence-electron chi connectivity index (χ2n) is 2.59. The smallest absolute Gasteiger partial charge is 0.00518 e. The van der Waals surface area contributed by atoms with E-state index in [4.69, 9.17) is 0 Å². The first-order valence-corrected chi connectivity index (χ1v) is 3.31. The van der Waals surface area contributed by atoms with Gasteiger partial charge in [0.15, 0.2) is 0 Å². The van der Waals surface area contributed by atoms with Crippen LogP contribution in [0.3, 0.4) is 0 Å². The predicted octanol–water partition coefficient (Wildman–Crippen LogP) is 2.14. The van der Waals surface area contributed by atoms with Crippen LogP contribution in [-0.2, 0) is 0 Å². The zero-order valence-corrected chi connectivity index (χ0v) is 5.09. The molecule has 0 aromatic carbocycles. The third-order valence-electron chi connectivity index (χ3n) is 2.18. The quantitative estimate of drug-likeness (QED) is 0.480. The fourth-order valence-electron chi connectivity index (χ4n) is 1.62. The van der Waals surface area contributed by atoms with Crippen LogP contribution in [0, 0.1) is 11.8 Å². The van der Waals surface area contributed by atoms with Gasteiger partial charge in [-0.15, -0.1) is 0 Å². The number of allylic oxidation sites excluding steroid dienone is 4. The van der Waals surface area contributed by atoms with E-state index < -0.39 is 0 Å². The normalized spacial score (nSPS) is 39.4. The third kappa shape index (κ3) is 0.360. The van der Waals surface area contributed by atoms with Crippen molar-refractivity contribution in [3.8, 4) is 0 Å². The summed E-state index contributed by atoms with van der Waals surface area (Å²) in [5.41, 5.74) is 1.67. The lowest BCUT2D eigenvalue weighted by Gasteiger charge is -1.83. The van der Waals surface area contributed by atoms with Crippen LogP contribution in [0.2, 0.25) is 0 Å². The Kier molecular flexibility index (Phi) is 0.682. The maximum Gasteiger partial charge on any atom is 0.00518 e. The maximum absolute atomic E-state index is 2.31. The summed E-state index contributed by atoms with van der Waals surface area (Å²) in [5, 5.41) is 0. The lowest BCUT2D eigenvalue weighted by Crippen LogP contribution is -1.73. The molecule has 0 heteroatoms. The molecule has 1 saturated carbocycles. The van der Waals surface area contributed by atoms with Crippen LogP contribution in [0.4, 0.5) is 0 Å². The van der Waals surface area contributed by atoms with Crippen LogP contribution in [0.5, 0.6) is 0 Å². The second-order valence-corrected chi connectivity index (χ2v) is 2.59. The Morgan fingerprint density at radius 3 is 2.88 bits per heavy atom. The molecule has 0 bridgehead atoms. The van der Waals surface area contributed by atoms with E-state index in [1.807, 2.05) is 0 Å². The lowest BCUT2D eigenvalue weighted by atomic mass is 10.2. The summed E-state index contributed by atoms with van der Waals surface area (Å²) in [6, 6.07) is 0. The molecule has 2 unspecified atom stereocenters. The topological polar surface area (TPSA) is 0 Å². The summed E-state index contributed by atoms with van der Waals surface area (Å²) in [6.45, 7) is 2.26. The van der Waals surface area contributed by atoms with Crippen molar-refractivity contribution in [2.75, 3.05) is 0 Å². The molecule has 2 aliphatic carbocycles. The monoisotopic (exact) mass is 106 g/mol. The molecule has 42 valence electrons. The highest BCUT2D eigenvalue weighted by Gasteiger charge is 2.41. The molecule has 0 N–H and O–H groups in total. The minimum absolute atomic E-state index is 0.875. The molecule has 1 fully saturated rings. The number of hydrogen-bond acceptors (Lipinski definition) is 0. The summed E-state index contributed by atoms with van der Waals surface area (Å²) < 4.78 is 0. The van der Waals surface area contributed by atoms with Gasteiger partial charge in [-0.2, -0.15) is 0 Å². The average molecular weight is 106 g/mol. The molecule has 0 amide bonds. The van der Waals surface area contributed by atoms with Crippen molar-refractivity contribution in [2.45, 2.75) is 13.3 Å². The average Bonchev–Trinajstić information content (AvgIpc) is 2.22. The molecule has 0 aromatic rings. The molecule has 2 aliphatic rings. The predicted molar refractivity (Wildman–Crippen MR) is 34.5 cm³/mol. The van der Waals surface area contributed by atoms with Crippen molar-refractivity contribution in [2.24, 2.45) is 11.8 Å². The van der Waals surface area contributed by atoms with Crippen LogP contribution >= 0.6 is 0 Å². The standard InChI is InChI=1S/C8H10/c1-2-6-7-4-3-5-8(6)7/h3-7H,2H2,1H3. The molecule has 0 radical (unpaired) electrons. The van der Waals surface area contributed by atoms with Crippen molar-refractivity contribution in [3.63, 3.8) is 0 Å². The van der Waals surface area contributed by atoms with Crippen molar-refractivity contribution in [1.82, 2.24) is 0 Å². The van der Waals surface area contributed by atoms with Gasteiger partial charge in [-0.05, 0) is 12.3 Å². The molecule has 0 saturated heterocycles. The van der Waals surface area contributed by atoms with E-state index >= 15 is 0 Å². The highest BCUT2D eigenvalue weighted by atomic mass is 14.4. The number of fused-ring (bicyclic) bond motifs is 1. The SMILES string of the molecule is CCC1C2=CC=CC21. The Balaban J connectivity index is 2.15.